The highest BCUT2D eigenvalue weighted by atomic mass is 16.5. The van der Waals surface area contributed by atoms with Gasteiger partial charge in [0.2, 0.25) is 0 Å². The predicted molar refractivity (Wildman–Crippen MR) is 103 cm³/mol. The molecule has 0 bridgehead atoms. The fourth-order valence-corrected chi connectivity index (χ4v) is 2.93. The van der Waals surface area contributed by atoms with Crippen LogP contribution in [-0.2, 0) is 0 Å². The van der Waals surface area contributed by atoms with Crippen LogP contribution in [0.3, 0.4) is 0 Å². The molecule has 27 heavy (non-hydrogen) atoms. The molecule has 1 aromatic heterocycles. The van der Waals surface area contributed by atoms with Crippen molar-refractivity contribution in [3.05, 3.63) is 53.3 Å². The summed E-state index contributed by atoms with van der Waals surface area (Å²) in [6.45, 7) is 4.95. The molecule has 0 aliphatic carbocycles. The predicted octanol–water partition coefficient (Wildman–Crippen LogP) is 2.04. The van der Waals surface area contributed by atoms with Gasteiger partial charge in [0.1, 0.15) is 5.75 Å². The molecule has 2 heterocycles. The molecule has 0 unspecified atom stereocenters. The fraction of sp³-hybridized carbons (Fsp3) is 0.350. The highest BCUT2D eigenvalue weighted by Crippen LogP contribution is 2.27. The number of rotatable bonds is 4. The number of amides is 2. The normalized spacial score (nSPS) is 14.7. The van der Waals surface area contributed by atoms with Crippen molar-refractivity contribution in [3.8, 4) is 5.75 Å². The summed E-state index contributed by atoms with van der Waals surface area (Å²) in [5, 5.41) is 2.82. The van der Waals surface area contributed by atoms with E-state index in [0.717, 1.165) is 18.8 Å². The summed E-state index contributed by atoms with van der Waals surface area (Å²) in [4.78, 5) is 33.5. The van der Waals surface area contributed by atoms with Crippen LogP contribution in [-0.4, -0.2) is 66.9 Å². The standard InChI is InChI=1S/C20H24N4O3/c1-14-4-5-16(13-21-14)19(25)22-17-12-15(6-7-18(17)27-3)20(26)24-10-8-23(2)9-11-24/h4-7,12-13H,8-11H2,1-3H3,(H,22,25). The topological polar surface area (TPSA) is 74.8 Å². The number of nitrogens with one attached hydrogen (secondary N) is 1. The van der Waals surface area contributed by atoms with E-state index < -0.39 is 0 Å². The first-order valence-corrected chi connectivity index (χ1v) is 8.88. The van der Waals surface area contributed by atoms with Crippen LogP contribution >= 0.6 is 0 Å². The minimum Gasteiger partial charge on any atom is -0.495 e. The van der Waals surface area contributed by atoms with Gasteiger partial charge in [0.05, 0.1) is 18.4 Å². The second kappa shape index (κ2) is 8.18. The van der Waals surface area contributed by atoms with Gasteiger partial charge in [-0.2, -0.15) is 0 Å². The van der Waals surface area contributed by atoms with E-state index in [0.29, 0.717) is 35.7 Å². The van der Waals surface area contributed by atoms with Gasteiger partial charge in [0, 0.05) is 43.6 Å². The third-order valence-electron chi connectivity index (χ3n) is 4.66. The van der Waals surface area contributed by atoms with Gasteiger partial charge >= 0.3 is 0 Å². The van der Waals surface area contributed by atoms with E-state index >= 15 is 0 Å². The van der Waals surface area contributed by atoms with Crippen molar-refractivity contribution in [2.75, 3.05) is 45.7 Å². The summed E-state index contributed by atoms with van der Waals surface area (Å²) in [6, 6.07) is 8.58. The molecule has 0 radical (unpaired) electrons. The molecule has 1 saturated heterocycles. The number of carbonyl (C=O) groups is 2. The fourth-order valence-electron chi connectivity index (χ4n) is 2.93. The largest absolute Gasteiger partial charge is 0.495 e. The van der Waals surface area contributed by atoms with Crippen LogP contribution in [0, 0.1) is 6.92 Å². The van der Waals surface area contributed by atoms with Gasteiger partial charge in [0.25, 0.3) is 11.8 Å². The number of aryl methyl sites for hydroxylation is 1. The van der Waals surface area contributed by atoms with Crippen LogP contribution in [0.2, 0.25) is 0 Å². The molecule has 0 saturated carbocycles. The molecule has 2 amide bonds. The Morgan fingerprint density at radius 2 is 1.78 bits per heavy atom. The van der Waals surface area contributed by atoms with E-state index in [2.05, 4.69) is 15.2 Å². The maximum absolute atomic E-state index is 12.8. The number of benzene rings is 1. The van der Waals surface area contributed by atoms with Crippen molar-refractivity contribution >= 4 is 17.5 Å². The smallest absolute Gasteiger partial charge is 0.257 e. The zero-order valence-corrected chi connectivity index (χ0v) is 15.9. The molecule has 1 fully saturated rings. The number of aromatic nitrogens is 1. The van der Waals surface area contributed by atoms with Crippen LogP contribution in [0.25, 0.3) is 0 Å². The Morgan fingerprint density at radius 1 is 1.07 bits per heavy atom. The molecule has 7 nitrogen and oxygen atoms in total. The third-order valence-corrected chi connectivity index (χ3v) is 4.66. The lowest BCUT2D eigenvalue weighted by molar-refractivity contribution is 0.0664. The maximum Gasteiger partial charge on any atom is 0.257 e. The Hall–Kier alpha value is -2.93. The lowest BCUT2D eigenvalue weighted by atomic mass is 10.1. The van der Waals surface area contributed by atoms with Gasteiger partial charge in [-0.15, -0.1) is 0 Å². The Morgan fingerprint density at radius 3 is 2.41 bits per heavy atom. The average molecular weight is 368 g/mol. The molecule has 1 aromatic carbocycles. The first-order chi connectivity index (χ1) is 13.0. The molecular formula is C20H24N4O3. The highest BCUT2D eigenvalue weighted by molar-refractivity contribution is 6.06. The molecule has 0 atom stereocenters. The number of likely N-dealkylation sites (N-methyl/N-ethyl adjacent to an activating group) is 1. The van der Waals surface area contributed by atoms with E-state index in [1.54, 1.807) is 30.3 Å². The minimum absolute atomic E-state index is 0.0433. The summed E-state index contributed by atoms with van der Waals surface area (Å²) in [7, 11) is 3.57. The molecule has 2 aromatic rings. The number of piperazine rings is 1. The van der Waals surface area contributed by atoms with Gasteiger partial charge in [0.15, 0.2) is 0 Å². The average Bonchev–Trinajstić information content (AvgIpc) is 2.68. The van der Waals surface area contributed by atoms with Gasteiger partial charge in [-0.3, -0.25) is 14.6 Å². The first kappa shape index (κ1) is 18.8. The summed E-state index contributed by atoms with van der Waals surface area (Å²) in [5.41, 5.74) is 2.27. The molecule has 0 spiro atoms. The molecule has 1 aliphatic heterocycles. The van der Waals surface area contributed by atoms with Crippen molar-refractivity contribution in [1.82, 2.24) is 14.8 Å². The van der Waals surface area contributed by atoms with Crippen molar-refractivity contribution in [3.63, 3.8) is 0 Å². The number of hydrogen-bond acceptors (Lipinski definition) is 5. The number of nitrogens with zero attached hydrogens (tertiary/aromatic N) is 3. The Kier molecular flexibility index (Phi) is 5.71. The van der Waals surface area contributed by atoms with E-state index in [9.17, 15) is 9.59 Å². The Bertz CT molecular complexity index is 828. The SMILES string of the molecule is COc1ccc(C(=O)N2CCN(C)CC2)cc1NC(=O)c1ccc(C)nc1. The summed E-state index contributed by atoms with van der Waals surface area (Å²) in [5.74, 6) is 0.154. The van der Waals surface area contributed by atoms with Gasteiger partial charge < -0.3 is 19.9 Å². The lowest BCUT2D eigenvalue weighted by Crippen LogP contribution is -2.47. The first-order valence-electron chi connectivity index (χ1n) is 8.88. The van der Waals surface area contributed by atoms with Gasteiger partial charge in [-0.25, -0.2) is 0 Å². The molecule has 1 N–H and O–H groups in total. The second-order valence-electron chi connectivity index (χ2n) is 6.65. The summed E-state index contributed by atoms with van der Waals surface area (Å²) >= 11 is 0. The molecule has 3 rings (SSSR count). The number of anilines is 1. The quantitative estimate of drug-likeness (QED) is 0.894. The van der Waals surface area contributed by atoms with Crippen molar-refractivity contribution in [2.24, 2.45) is 0 Å². The van der Waals surface area contributed by atoms with E-state index in [4.69, 9.17) is 4.74 Å². The molecule has 1 aliphatic rings. The Labute approximate surface area is 158 Å². The van der Waals surface area contributed by atoms with Crippen LogP contribution in [0.4, 0.5) is 5.69 Å². The Balaban J connectivity index is 1.80. The summed E-state index contributed by atoms with van der Waals surface area (Å²) in [6.07, 6.45) is 1.52. The van der Waals surface area contributed by atoms with Gasteiger partial charge in [-0.05, 0) is 44.3 Å². The van der Waals surface area contributed by atoms with Gasteiger partial charge in [-0.1, -0.05) is 0 Å². The zero-order chi connectivity index (χ0) is 19.4. The third kappa shape index (κ3) is 4.43. The molecular weight excluding hydrogens is 344 g/mol. The monoisotopic (exact) mass is 368 g/mol. The van der Waals surface area contributed by atoms with E-state index in [1.807, 2.05) is 18.9 Å². The minimum atomic E-state index is -0.301. The number of carbonyl (C=O) groups excluding carboxylic acids is 2. The van der Waals surface area contributed by atoms with Crippen molar-refractivity contribution in [2.45, 2.75) is 6.92 Å². The van der Waals surface area contributed by atoms with Crippen LogP contribution in [0.1, 0.15) is 26.4 Å². The lowest BCUT2D eigenvalue weighted by Gasteiger charge is -2.32. The van der Waals surface area contributed by atoms with Crippen LogP contribution < -0.4 is 10.1 Å². The van der Waals surface area contributed by atoms with E-state index in [-0.39, 0.29) is 11.8 Å². The van der Waals surface area contributed by atoms with E-state index in [1.165, 1.54) is 13.3 Å². The second-order valence-corrected chi connectivity index (χ2v) is 6.65. The molecule has 7 heteroatoms. The number of ether oxygens (including phenoxy) is 1. The van der Waals surface area contributed by atoms with Crippen LogP contribution in [0.15, 0.2) is 36.5 Å². The van der Waals surface area contributed by atoms with Crippen molar-refractivity contribution in [1.29, 1.82) is 0 Å². The highest BCUT2D eigenvalue weighted by Gasteiger charge is 2.21. The maximum atomic E-state index is 12.8. The number of pyridine rings is 1. The number of methoxy groups -OCH3 is 1. The summed E-state index contributed by atoms with van der Waals surface area (Å²) < 4.78 is 5.33. The number of hydrogen-bond donors (Lipinski definition) is 1. The molecule has 142 valence electrons. The zero-order valence-electron chi connectivity index (χ0n) is 15.9. The van der Waals surface area contributed by atoms with Crippen LogP contribution in [0.5, 0.6) is 5.75 Å². The van der Waals surface area contributed by atoms with Crippen molar-refractivity contribution < 1.29 is 14.3 Å².